The van der Waals surface area contributed by atoms with Gasteiger partial charge < -0.3 is 20.3 Å². The van der Waals surface area contributed by atoms with Gasteiger partial charge in [0.1, 0.15) is 24.4 Å². The van der Waals surface area contributed by atoms with E-state index in [4.69, 9.17) is 4.74 Å². The summed E-state index contributed by atoms with van der Waals surface area (Å²) in [7, 11) is 1.67. The number of rotatable bonds is 2. The standard InChI is InChI=1S/C31H40N4O4.2C2H6/c1-22-10-8-11-24(20-22)21-26-29(37)32-17-9-13-25-12-4-5-14-27(25)39-19-18-33-31(15-6-7-16-31)30(38)35(3)23(2)28(36)34-26;2*1-2/h4-5,8-14,20,23,26,33H,6-7,15-19,21H2,1-3H3,(H,32,37)(H,34,36);2*1-2H3/b13-9+;;/t23-,26-;;/m1../s1. The van der Waals surface area contributed by atoms with Crippen molar-refractivity contribution in [1.82, 2.24) is 20.9 Å². The molecule has 0 aromatic heterocycles. The van der Waals surface area contributed by atoms with Crippen LogP contribution in [0, 0.1) is 6.92 Å². The third-order valence-corrected chi connectivity index (χ3v) is 7.74. The van der Waals surface area contributed by atoms with E-state index in [1.807, 2.05) is 95.3 Å². The number of carbonyl (C=O) groups is 3. The minimum atomic E-state index is -0.785. The quantitative estimate of drug-likeness (QED) is 0.454. The maximum atomic E-state index is 13.7. The van der Waals surface area contributed by atoms with Crippen molar-refractivity contribution in [2.24, 2.45) is 0 Å². The van der Waals surface area contributed by atoms with Crippen molar-refractivity contribution < 1.29 is 19.1 Å². The van der Waals surface area contributed by atoms with Crippen molar-refractivity contribution in [3.63, 3.8) is 0 Å². The highest BCUT2D eigenvalue weighted by Gasteiger charge is 2.44. The normalized spacial score (nSPS) is 21.7. The predicted molar refractivity (Wildman–Crippen MR) is 175 cm³/mol. The summed E-state index contributed by atoms with van der Waals surface area (Å²) in [6, 6.07) is 14.1. The number of nitrogens with zero attached hydrogens (tertiary/aromatic N) is 1. The van der Waals surface area contributed by atoms with Gasteiger partial charge in [-0.05, 0) is 38.3 Å². The molecule has 2 aromatic carbocycles. The van der Waals surface area contributed by atoms with E-state index < -0.39 is 17.6 Å². The first kappa shape index (κ1) is 35.5. The smallest absolute Gasteiger partial charge is 0.243 e. The number of nitrogens with one attached hydrogen (secondary N) is 3. The van der Waals surface area contributed by atoms with Gasteiger partial charge in [0.15, 0.2) is 0 Å². The first-order valence-corrected chi connectivity index (χ1v) is 15.8. The van der Waals surface area contributed by atoms with Crippen molar-refractivity contribution in [2.45, 2.75) is 91.3 Å². The van der Waals surface area contributed by atoms with Crippen LogP contribution in [0.1, 0.15) is 77.0 Å². The molecule has 2 aliphatic rings. The second kappa shape index (κ2) is 18.1. The van der Waals surface area contributed by atoms with Gasteiger partial charge in [-0.3, -0.25) is 19.7 Å². The molecule has 0 unspecified atom stereocenters. The minimum Gasteiger partial charge on any atom is -0.492 e. The number of hydrogen-bond acceptors (Lipinski definition) is 5. The van der Waals surface area contributed by atoms with Crippen LogP contribution in [0.3, 0.4) is 0 Å². The Morgan fingerprint density at radius 3 is 2.35 bits per heavy atom. The van der Waals surface area contributed by atoms with E-state index in [1.54, 1.807) is 14.0 Å². The van der Waals surface area contributed by atoms with Gasteiger partial charge in [-0.1, -0.05) is 101 Å². The molecule has 1 aliphatic carbocycles. The van der Waals surface area contributed by atoms with Crippen molar-refractivity contribution in [3.05, 3.63) is 71.3 Å². The second-order valence-corrected chi connectivity index (χ2v) is 10.6. The topological polar surface area (TPSA) is 99.8 Å². The Morgan fingerprint density at radius 1 is 0.953 bits per heavy atom. The minimum absolute atomic E-state index is 0.105. The van der Waals surface area contributed by atoms with Crippen LogP contribution in [0.25, 0.3) is 6.08 Å². The lowest BCUT2D eigenvalue weighted by Gasteiger charge is -2.36. The van der Waals surface area contributed by atoms with Crippen LogP contribution < -0.4 is 20.7 Å². The van der Waals surface area contributed by atoms with Crippen molar-refractivity contribution in [3.8, 4) is 5.75 Å². The highest BCUT2D eigenvalue weighted by molar-refractivity contribution is 5.94. The molecule has 236 valence electrons. The van der Waals surface area contributed by atoms with Gasteiger partial charge in [0.05, 0.1) is 5.54 Å². The average molecular weight is 593 g/mol. The molecule has 43 heavy (non-hydrogen) atoms. The summed E-state index contributed by atoms with van der Waals surface area (Å²) in [5.74, 6) is -0.00658. The third kappa shape index (κ3) is 9.95. The number of para-hydroxylation sites is 1. The fraction of sp³-hybridized carbons (Fsp3) is 0.514. The van der Waals surface area contributed by atoms with Gasteiger partial charge in [-0.25, -0.2) is 0 Å². The van der Waals surface area contributed by atoms with Crippen LogP contribution in [0.2, 0.25) is 0 Å². The van der Waals surface area contributed by atoms with Crippen LogP contribution in [0.4, 0.5) is 0 Å². The largest absolute Gasteiger partial charge is 0.492 e. The number of ether oxygens (including phenoxy) is 1. The molecule has 8 heteroatoms. The van der Waals surface area contributed by atoms with Crippen molar-refractivity contribution >= 4 is 23.8 Å². The summed E-state index contributed by atoms with van der Waals surface area (Å²) < 4.78 is 6.06. The van der Waals surface area contributed by atoms with Gasteiger partial charge >= 0.3 is 0 Å². The fourth-order valence-corrected chi connectivity index (χ4v) is 5.38. The Labute approximate surface area is 258 Å². The molecule has 2 aromatic rings. The summed E-state index contributed by atoms with van der Waals surface area (Å²) >= 11 is 0. The lowest BCUT2D eigenvalue weighted by molar-refractivity contribution is -0.144. The molecule has 1 heterocycles. The lowest BCUT2D eigenvalue weighted by atomic mass is 9.94. The summed E-state index contributed by atoms with van der Waals surface area (Å²) in [4.78, 5) is 41.9. The molecule has 1 spiro atoms. The Morgan fingerprint density at radius 2 is 1.65 bits per heavy atom. The van der Waals surface area contributed by atoms with E-state index in [9.17, 15) is 14.4 Å². The molecule has 3 amide bonds. The first-order chi connectivity index (χ1) is 20.8. The molecule has 0 radical (unpaired) electrons. The van der Waals surface area contributed by atoms with E-state index in [0.717, 1.165) is 35.3 Å². The van der Waals surface area contributed by atoms with Gasteiger partial charge in [0, 0.05) is 32.1 Å². The van der Waals surface area contributed by atoms with Crippen LogP contribution in [-0.4, -0.2) is 67.0 Å². The van der Waals surface area contributed by atoms with Gasteiger partial charge in [0.2, 0.25) is 17.7 Å². The van der Waals surface area contributed by atoms with Crippen LogP contribution in [-0.2, 0) is 20.8 Å². The zero-order valence-corrected chi connectivity index (χ0v) is 27.2. The molecule has 8 nitrogen and oxygen atoms in total. The summed E-state index contributed by atoms with van der Waals surface area (Å²) in [6.07, 6.45) is 7.44. The van der Waals surface area contributed by atoms with E-state index in [1.165, 1.54) is 4.90 Å². The van der Waals surface area contributed by atoms with Crippen molar-refractivity contribution in [1.29, 1.82) is 0 Å². The summed E-state index contributed by atoms with van der Waals surface area (Å²) in [6.45, 7) is 12.9. The highest BCUT2D eigenvalue weighted by Crippen LogP contribution is 2.32. The van der Waals surface area contributed by atoms with Gasteiger partial charge in [-0.15, -0.1) is 0 Å². The van der Waals surface area contributed by atoms with E-state index in [2.05, 4.69) is 16.0 Å². The third-order valence-electron chi connectivity index (χ3n) is 7.74. The fourth-order valence-electron chi connectivity index (χ4n) is 5.38. The van der Waals surface area contributed by atoms with Gasteiger partial charge in [0.25, 0.3) is 0 Å². The summed E-state index contributed by atoms with van der Waals surface area (Å²) in [5, 5.41) is 9.32. The molecule has 0 bridgehead atoms. The zero-order valence-electron chi connectivity index (χ0n) is 27.2. The molecule has 1 saturated carbocycles. The van der Waals surface area contributed by atoms with E-state index in [-0.39, 0.29) is 17.7 Å². The summed E-state index contributed by atoms with van der Waals surface area (Å²) in [5.41, 5.74) is 2.20. The molecule has 1 fully saturated rings. The van der Waals surface area contributed by atoms with Gasteiger partial charge in [-0.2, -0.15) is 0 Å². The Kier molecular flexibility index (Phi) is 15.0. The monoisotopic (exact) mass is 592 g/mol. The molecule has 3 N–H and O–H groups in total. The SMILES string of the molecule is CC.CC.Cc1cccc(C[C@H]2NC(=O)[C@@H](C)N(C)C(=O)C3(CCCC3)NCCOc3ccccc3/C=C/CNC2=O)c1. The molecule has 2 atom stereocenters. The molecular weight excluding hydrogens is 540 g/mol. The zero-order chi connectivity index (χ0) is 31.8. The van der Waals surface area contributed by atoms with Crippen LogP contribution in [0.15, 0.2) is 54.6 Å². The van der Waals surface area contributed by atoms with Crippen LogP contribution >= 0.6 is 0 Å². The number of benzene rings is 2. The number of carbonyl (C=O) groups excluding carboxylic acids is 3. The number of amides is 3. The van der Waals surface area contributed by atoms with E-state index in [0.29, 0.717) is 39.0 Å². The molecule has 0 saturated heterocycles. The first-order valence-electron chi connectivity index (χ1n) is 15.8. The number of hydrogen-bond donors (Lipinski definition) is 3. The predicted octanol–water partition coefficient (Wildman–Crippen LogP) is 5.05. The molecule has 4 rings (SSSR count). The average Bonchev–Trinajstić information content (AvgIpc) is 3.52. The maximum Gasteiger partial charge on any atom is 0.243 e. The Balaban J connectivity index is 0.00000155. The second-order valence-electron chi connectivity index (χ2n) is 10.6. The Hall–Kier alpha value is -3.65. The molecular formula is C35H52N4O4. The Bertz CT molecular complexity index is 1210. The highest BCUT2D eigenvalue weighted by atomic mass is 16.5. The lowest BCUT2D eigenvalue weighted by Crippen LogP contribution is -2.61. The molecule has 1 aliphatic heterocycles. The number of likely N-dealkylation sites (N-methyl/N-ethyl adjacent to an activating group) is 1. The van der Waals surface area contributed by atoms with Crippen LogP contribution in [0.5, 0.6) is 5.75 Å². The maximum absolute atomic E-state index is 13.7. The van der Waals surface area contributed by atoms with E-state index >= 15 is 0 Å². The van der Waals surface area contributed by atoms with Crippen molar-refractivity contribution in [2.75, 3.05) is 26.7 Å². The number of aryl methyl sites for hydroxylation is 1. The number of fused-ring (bicyclic) bond motifs is 1.